The van der Waals surface area contributed by atoms with E-state index in [-0.39, 0.29) is 1070 Å². The van der Waals surface area contributed by atoms with Crippen LogP contribution >= 0.6 is 0 Å². The summed E-state index contributed by atoms with van der Waals surface area (Å²) < 4.78 is 0. The third kappa shape index (κ3) is 236. The van der Waals surface area contributed by atoms with Crippen LogP contribution in [0.3, 0.4) is 0 Å². The van der Waals surface area contributed by atoms with Gasteiger partial charge in [0.15, 0.2) is 0 Å². The second kappa shape index (κ2) is 246. The van der Waals surface area contributed by atoms with Crippen molar-refractivity contribution in [2.75, 3.05) is 0 Å². The molecule has 0 saturated heterocycles. The second-order valence-corrected chi connectivity index (χ2v) is 0. The Balaban J connectivity index is 0. The first-order chi connectivity index (χ1) is 0. The van der Waals surface area contributed by atoms with E-state index in [1.54, 1.807) is 0 Å². The molecule has 0 N–H and O–H groups in total. The molecular formula is CH3VY32-. The van der Waals surface area contributed by atoms with E-state index in [0.717, 1.165) is 0 Å². The molecule has 33 radical (unpaired) electrons. The molecule has 34 heavy (non-hydrogen) atoms. The molecule has 0 aromatic carbocycles. The van der Waals surface area contributed by atoms with Gasteiger partial charge in [0.1, 0.15) is 0 Å². The molecule has 0 rings (SSSR count). The van der Waals surface area contributed by atoms with Crippen molar-refractivity contribution in [3.8, 4) is 0 Å². The van der Waals surface area contributed by atoms with Gasteiger partial charge in [-0.25, -0.2) is 0 Å². The van der Waals surface area contributed by atoms with E-state index in [1.807, 2.05) is 0 Å². The molecule has 0 aliphatic rings. The topological polar surface area (TPSA) is 0 Å². The number of rotatable bonds is 0. The smallest absolute Gasteiger partial charge is 0 e. The minimum absolute atomic E-state index is 0. The summed E-state index contributed by atoms with van der Waals surface area (Å²) in [7, 11) is 0. The predicted molar refractivity (Wildman–Crippen MR) is 6.41 cm³/mol. The van der Waals surface area contributed by atoms with Gasteiger partial charge >= 0.3 is 0 Å². The predicted octanol–water partition coefficient (Wildman–Crippen LogP) is 0.368. The molecule has 0 spiro atoms. The van der Waals surface area contributed by atoms with Crippen molar-refractivity contribution in [2.45, 2.75) is 0 Å². The first-order valence-electron chi connectivity index (χ1n) is 0. The van der Waals surface area contributed by atoms with Crippen molar-refractivity contribution >= 4 is 0 Å². The Morgan fingerprint density at radius 3 is 0.0882 bits per heavy atom. The molecule has 0 atom stereocenters. The summed E-state index contributed by atoms with van der Waals surface area (Å²) in [6, 6.07) is 0. The normalized spacial score (nSPS) is 0. The van der Waals surface area contributed by atoms with Gasteiger partial charge in [0.25, 0.3) is 0 Å². The van der Waals surface area contributed by atoms with Gasteiger partial charge in [-0.15, -0.1) is 0 Å². The number of hydrogen-bond donors (Lipinski definition) is 0. The third-order valence-electron chi connectivity index (χ3n) is 0. The molecule has 0 aliphatic carbocycles. The summed E-state index contributed by atoms with van der Waals surface area (Å²) >= 11 is 0. The van der Waals surface area contributed by atoms with Crippen LogP contribution < -0.4 is 0 Å². The molecule has 0 unspecified atom stereocenters. The molecule has 0 aliphatic heterocycles. The van der Waals surface area contributed by atoms with Crippen molar-refractivity contribution in [1.82, 2.24) is 0 Å². The standard InChI is InChI=1S/CH3.V.32Y/h1H3;;;;;;;;;;;;;;;;;;;;;;;;;;;;;;;;;/q-1;;;;;;;;;;;;;;;;;;;;;;;;;;;;;;;;;. The van der Waals surface area contributed by atoms with Crippen LogP contribution in [0.25, 0.3) is 0 Å². The van der Waals surface area contributed by atoms with Gasteiger partial charge in [0.2, 0.25) is 0 Å². The Bertz CT molecular complexity index is 13.0. The molecule has 33 heteroatoms. The van der Waals surface area contributed by atoms with E-state index >= 15 is 0 Å². The van der Waals surface area contributed by atoms with Crippen LogP contribution in [0.5, 0.6) is 0 Å². The Morgan fingerprint density at radius 2 is 0.0882 bits per heavy atom. The summed E-state index contributed by atoms with van der Waals surface area (Å²) in [5.41, 5.74) is 0. The summed E-state index contributed by atoms with van der Waals surface area (Å²) in [4.78, 5) is 0. The molecular weight excluding hydrogens is 2910 g/mol. The molecule has 109 valence electrons. The average molecular weight is 2910 g/mol. The second-order valence-electron chi connectivity index (χ2n) is 0. The van der Waals surface area contributed by atoms with Gasteiger partial charge in [-0.2, -0.15) is 0 Å². The zero-order chi connectivity index (χ0) is 0. The molecule has 0 heterocycles. The van der Waals surface area contributed by atoms with Gasteiger partial charge in [-0.05, 0) is 0 Å². The third-order valence-corrected chi connectivity index (χ3v) is 0. The van der Waals surface area contributed by atoms with E-state index in [4.69, 9.17) is 0 Å². The van der Waals surface area contributed by atoms with E-state index in [2.05, 4.69) is 0 Å². The molecule has 0 aromatic heterocycles. The van der Waals surface area contributed by atoms with E-state index in [9.17, 15) is 0 Å². The van der Waals surface area contributed by atoms with E-state index in [1.165, 1.54) is 0 Å². The fraction of sp³-hybridized carbons (Fsp3) is 0. The molecule has 0 nitrogen and oxygen atoms in total. The Morgan fingerprint density at radius 1 is 0.0882 bits per heavy atom. The minimum atomic E-state index is 0. The van der Waals surface area contributed by atoms with Crippen LogP contribution in [0.15, 0.2) is 0 Å². The van der Waals surface area contributed by atoms with Crippen LogP contribution in [-0.2, 0) is 1070 Å². The van der Waals surface area contributed by atoms with Crippen LogP contribution in [0, 0.1) is 7.43 Å². The quantitative estimate of drug-likeness (QED) is 0.309. The monoisotopic (exact) mass is 2910 g/mol. The maximum atomic E-state index is 0. The van der Waals surface area contributed by atoms with Crippen LogP contribution in [-0.4, -0.2) is 0 Å². The summed E-state index contributed by atoms with van der Waals surface area (Å²) in [5.74, 6) is 0. The van der Waals surface area contributed by atoms with Crippen molar-refractivity contribution in [3.63, 3.8) is 0 Å². The van der Waals surface area contributed by atoms with Gasteiger partial charge in [0.05, 0.1) is 0 Å². The SMILES string of the molecule is [CH3-].[V].[Y].[Y].[Y].[Y].[Y].[Y].[Y].[Y].[Y].[Y].[Y].[Y].[Y].[Y].[Y].[Y].[Y].[Y].[Y].[Y].[Y].[Y].[Y].[Y].[Y].[Y].[Y].[Y].[Y].[Y].[Y].[Y]. The van der Waals surface area contributed by atoms with E-state index < -0.39 is 0 Å². The van der Waals surface area contributed by atoms with Crippen molar-refractivity contribution in [2.24, 2.45) is 0 Å². The molecule has 0 amide bonds. The Hall–Kier alpha value is 35.9. The van der Waals surface area contributed by atoms with Gasteiger partial charge in [-0.1, -0.05) is 0 Å². The van der Waals surface area contributed by atoms with Gasteiger partial charge in [-0.3, -0.25) is 0 Å². The zero-order valence-electron chi connectivity index (χ0n) is 19.9. The van der Waals surface area contributed by atoms with Gasteiger partial charge < -0.3 is 7.43 Å². The summed E-state index contributed by atoms with van der Waals surface area (Å²) in [5, 5.41) is 0. The summed E-state index contributed by atoms with van der Waals surface area (Å²) in [6.07, 6.45) is 0. The van der Waals surface area contributed by atoms with Crippen molar-refractivity contribution in [1.29, 1.82) is 0 Å². The Labute approximate surface area is 1030 Å². The maximum Gasteiger partial charge on any atom is 0 e. The molecule has 0 aromatic rings. The first kappa shape index (κ1) is 257. The number of hydrogen-bond acceptors (Lipinski definition) is 0. The first-order valence-corrected chi connectivity index (χ1v) is 0. The largest absolute Gasteiger partial charge is 0.358 e. The zero-order valence-corrected chi connectivity index (χ0v) is 112. The maximum absolute atomic E-state index is 0. The molecule has 0 bridgehead atoms. The minimum Gasteiger partial charge on any atom is -0.358 e. The van der Waals surface area contributed by atoms with Crippen LogP contribution in [0.2, 0.25) is 0 Å². The average Bonchev–Trinajstić information content (AvgIpc) is 0. The summed E-state index contributed by atoms with van der Waals surface area (Å²) in [6.45, 7) is 0. The van der Waals surface area contributed by atoms with Gasteiger partial charge in [0, 0.05) is 1070 Å². The van der Waals surface area contributed by atoms with E-state index in [0.29, 0.717) is 0 Å². The van der Waals surface area contributed by atoms with Crippen molar-refractivity contribution < 1.29 is 1070 Å². The van der Waals surface area contributed by atoms with Crippen LogP contribution in [0.4, 0.5) is 0 Å². The fourth-order valence-electron chi connectivity index (χ4n) is 0. The fourth-order valence-corrected chi connectivity index (χ4v) is 0. The molecule has 0 fully saturated rings. The molecule has 0 saturated carbocycles. The Kier molecular flexibility index (Phi) is 1870. The van der Waals surface area contributed by atoms with Crippen molar-refractivity contribution in [3.05, 3.63) is 7.43 Å². The van der Waals surface area contributed by atoms with Crippen LogP contribution in [0.1, 0.15) is 0 Å².